The summed E-state index contributed by atoms with van der Waals surface area (Å²) in [6, 6.07) is 0.470. The van der Waals surface area contributed by atoms with Crippen LogP contribution in [0.5, 0.6) is 0 Å². The summed E-state index contributed by atoms with van der Waals surface area (Å²) in [6.07, 6.45) is 4.25. The van der Waals surface area contributed by atoms with Crippen molar-refractivity contribution in [2.24, 2.45) is 5.41 Å². The molecule has 13 heavy (non-hydrogen) atoms. The Morgan fingerprint density at radius 1 is 1.62 bits per heavy atom. The van der Waals surface area contributed by atoms with Crippen molar-refractivity contribution < 1.29 is 0 Å². The molecule has 2 rings (SSSR count). The summed E-state index contributed by atoms with van der Waals surface area (Å²) in [4.78, 5) is 0. The molecule has 1 aliphatic rings. The van der Waals surface area contributed by atoms with Crippen molar-refractivity contribution in [1.82, 2.24) is 15.5 Å². The van der Waals surface area contributed by atoms with Crippen molar-refractivity contribution in [3.63, 3.8) is 0 Å². The number of hydrogen-bond donors (Lipinski definition) is 2. The Kier molecular flexibility index (Phi) is 1.91. The smallest absolute Gasteiger partial charge is 0.0538 e. The highest BCUT2D eigenvalue weighted by Crippen LogP contribution is 2.39. The van der Waals surface area contributed by atoms with E-state index in [1.165, 1.54) is 17.7 Å². The molecule has 0 amide bonds. The fourth-order valence-corrected chi connectivity index (χ4v) is 2.23. The molecule has 0 aromatic carbocycles. The van der Waals surface area contributed by atoms with Crippen LogP contribution in [0.4, 0.5) is 0 Å². The van der Waals surface area contributed by atoms with E-state index in [9.17, 15) is 0 Å². The van der Waals surface area contributed by atoms with Crippen LogP contribution in [-0.4, -0.2) is 17.2 Å². The number of fused-ring (bicyclic) bond motifs is 1. The molecule has 0 saturated carbocycles. The lowest BCUT2D eigenvalue weighted by Gasteiger charge is -2.34. The SMILES string of the molecule is CNC1CC(C)(C)Cc2[nH]ncc21. The van der Waals surface area contributed by atoms with Gasteiger partial charge in [0.2, 0.25) is 0 Å². The summed E-state index contributed by atoms with van der Waals surface area (Å²) in [5.74, 6) is 0. The molecule has 0 saturated heterocycles. The van der Waals surface area contributed by atoms with Crippen LogP contribution in [0, 0.1) is 5.41 Å². The molecule has 1 aromatic rings. The lowest BCUT2D eigenvalue weighted by molar-refractivity contribution is 0.262. The predicted molar refractivity (Wildman–Crippen MR) is 52.5 cm³/mol. The second-order valence-corrected chi connectivity index (χ2v) is 4.69. The first-order valence-corrected chi connectivity index (χ1v) is 4.82. The molecule has 0 spiro atoms. The highest BCUT2D eigenvalue weighted by molar-refractivity contribution is 5.25. The van der Waals surface area contributed by atoms with Gasteiger partial charge in [-0.1, -0.05) is 13.8 Å². The normalized spacial score (nSPS) is 25.6. The fraction of sp³-hybridized carbons (Fsp3) is 0.700. The van der Waals surface area contributed by atoms with Gasteiger partial charge < -0.3 is 5.32 Å². The van der Waals surface area contributed by atoms with E-state index in [4.69, 9.17) is 0 Å². The van der Waals surface area contributed by atoms with E-state index >= 15 is 0 Å². The Hall–Kier alpha value is -0.830. The van der Waals surface area contributed by atoms with Crippen LogP contribution in [0.1, 0.15) is 37.6 Å². The first-order chi connectivity index (χ1) is 6.12. The zero-order valence-electron chi connectivity index (χ0n) is 8.52. The molecule has 1 heterocycles. The van der Waals surface area contributed by atoms with Crippen molar-refractivity contribution in [3.05, 3.63) is 17.5 Å². The van der Waals surface area contributed by atoms with E-state index in [1.54, 1.807) is 0 Å². The first-order valence-electron chi connectivity index (χ1n) is 4.82. The second-order valence-electron chi connectivity index (χ2n) is 4.69. The van der Waals surface area contributed by atoms with Gasteiger partial charge in [0, 0.05) is 17.3 Å². The summed E-state index contributed by atoms with van der Waals surface area (Å²) < 4.78 is 0. The minimum atomic E-state index is 0.382. The Morgan fingerprint density at radius 3 is 3.08 bits per heavy atom. The maximum absolute atomic E-state index is 4.10. The third kappa shape index (κ3) is 1.48. The monoisotopic (exact) mass is 179 g/mol. The van der Waals surface area contributed by atoms with Crippen molar-refractivity contribution in [1.29, 1.82) is 0 Å². The molecule has 3 heteroatoms. The quantitative estimate of drug-likeness (QED) is 0.688. The number of nitrogens with zero attached hydrogens (tertiary/aromatic N) is 1. The maximum atomic E-state index is 4.10. The van der Waals surface area contributed by atoms with Gasteiger partial charge in [0.25, 0.3) is 0 Å². The molecular formula is C10H17N3. The fourth-order valence-electron chi connectivity index (χ4n) is 2.23. The number of H-pyrrole nitrogens is 1. The summed E-state index contributed by atoms with van der Waals surface area (Å²) >= 11 is 0. The van der Waals surface area contributed by atoms with E-state index in [-0.39, 0.29) is 0 Å². The van der Waals surface area contributed by atoms with Gasteiger partial charge in [-0.2, -0.15) is 5.10 Å². The van der Waals surface area contributed by atoms with Gasteiger partial charge in [-0.15, -0.1) is 0 Å². The number of rotatable bonds is 1. The highest BCUT2D eigenvalue weighted by atomic mass is 15.1. The molecule has 0 bridgehead atoms. The van der Waals surface area contributed by atoms with Crippen LogP contribution in [-0.2, 0) is 6.42 Å². The third-order valence-corrected chi connectivity index (χ3v) is 2.89. The lowest BCUT2D eigenvalue weighted by atomic mass is 9.74. The Morgan fingerprint density at radius 2 is 2.38 bits per heavy atom. The van der Waals surface area contributed by atoms with Crippen LogP contribution in [0.2, 0.25) is 0 Å². The molecule has 2 N–H and O–H groups in total. The van der Waals surface area contributed by atoms with Gasteiger partial charge in [-0.3, -0.25) is 5.10 Å². The topological polar surface area (TPSA) is 40.7 Å². The van der Waals surface area contributed by atoms with Gasteiger partial charge >= 0.3 is 0 Å². The van der Waals surface area contributed by atoms with Crippen LogP contribution >= 0.6 is 0 Å². The van der Waals surface area contributed by atoms with Gasteiger partial charge in [0.05, 0.1) is 6.20 Å². The predicted octanol–water partition coefficient (Wildman–Crippen LogP) is 1.64. The average molecular weight is 179 g/mol. The molecular weight excluding hydrogens is 162 g/mol. The van der Waals surface area contributed by atoms with E-state index in [0.29, 0.717) is 11.5 Å². The largest absolute Gasteiger partial charge is 0.313 e. The van der Waals surface area contributed by atoms with Crippen LogP contribution < -0.4 is 5.32 Å². The summed E-state index contributed by atoms with van der Waals surface area (Å²) in [7, 11) is 2.02. The number of aromatic nitrogens is 2. The van der Waals surface area contributed by atoms with E-state index in [0.717, 1.165) is 6.42 Å². The maximum Gasteiger partial charge on any atom is 0.0538 e. The van der Waals surface area contributed by atoms with Crippen molar-refractivity contribution in [3.8, 4) is 0 Å². The van der Waals surface area contributed by atoms with Crippen molar-refractivity contribution >= 4 is 0 Å². The molecule has 1 aliphatic carbocycles. The minimum Gasteiger partial charge on any atom is -0.313 e. The number of aromatic amines is 1. The Balaban J connectivity index is 2.36. The van der Waals surface area contributed by atoms with Gasteiger partial charge in [0.1, 0.15) is 0 Å². The van der Waals surface area contributed by atoms with Crippen molar-refractivity contribution in [2.45, 2.75) is 32.7 Å². The summed E-state index contributed by atoms with van der Waals surface area (Å²) in [6.45, 7) is 4.61. The standard InChI is InChI=1S/C10H17N3/c1-10(2)4-8(11-3)7-6-12-13-9(7)5-10/h6,8,11H,4-5H2,1-3H3,(H,12,13). The van der Waals surface area contributed by atoms with E-state index in [1.807, 2.05) is 13.2 Å². The van der Waals surface area contributed by atoms with Crippen LogP contribution in [0.15, 0.2) is 6.20 Å². The molecule has 1 atom stereocenters. The van der Waals surface area contributed by atoms with Gasteiger partial charge in [-0.05, 0) is 25.3 Å². The number of hydrogen-bond acceptors (Lipinski definition) is 2. The van der Waals surface area contributed by atoms with Gasteiger partial charge in [-0.25, -0.2) is 0 Å². The zero-order valence-corrected chi connectivity index (χ0v) is 8.52. The Labute approximate surface area is 78.9 Å². The molecule has 1 unspecified atom stereocenters. The lowest BCUT2D eigenvalue weighted by Crippen LogP contribution is -2.31. The third-order valence-electron chi connectivity index (χ3n) is 2.89. The molecule has 0 radical (unpaired) electrons. The van der Waals surface area contributed by atoms with E-state index in [2.05, 4.69) is 29.4 Å². The van der Waals surface area contributed by atoms with Crippen LogP contribution in [0.3, 0.4) is 0 Å². The summed E-state index contributed by atoms with van der Waals surface area (Å²) in [5.41, 5.74) is 3.03. The second kappa shape index (κ2) is 2.84. The van der Waals surface area contributed by atoms with Crippen molar-refractivity contribution in [2.75, 3.05) is 7.05 Å². The Bertz CT molecular complexity index is 301. The first kappa shape index (κ1) is 8.75. The van der Waals surface area contributed by atoms with Crippen LogP contribution in [0.25, 0.3) is 0 Å². The highest BCUT2D eigenvalue weighted by Gasteiger charge is 2.32. The number of nitrogens with one attached hydrogen (secondary N) is 2. The molecule has 0 aliphatic heterocycles. The zero-order chi connectivity index (χ0) is 9.47. The molecule has 72 valence electrons. The summed E-state index contributed by atoms with van der Waals surface area (Å²) in [5, 5.41) is 10.5. The average Bonchev–Trinajstić information content (AvgIpc) is 2.48. The van der Waals surface area contributed by atoms with E-state index < -0.39 is 0 Å². The molecule has 3 nitrogen and oxygen atoms in total. The molecule has 0 fully saturated rings. The minimum absolute atomic E-state index is 0.382. The molecule has 1 aromatic heterocycles. The van der Waals surface area contributed by atoms with Gasteiger partial charge in [0.15, 0.2) is 0 Å².